The van der Waals surface area contributed by atoms with Crippen LogP contribution in [0.4, 0.5) is 0 Å². The maximum absolute atomic E-state index is 14.3. The van der Waals surface area contributed by atoms with Crippen molar-refractivity contribution in [2.75, 3.05) is 26.2 Å². The number of likely N-dealkylation sites (tertiary alicyclic amines) is 1. The third-order valence-corrected chi connectivity index (χ3v) is 9.06. The van der Waals surface area contributed by atoms with Crippen LogP contribution >= 0.6 is 15.9 Å². The number of nitrogens with one attached hydrogen (secondary N) is 1. The number of aliphatic hydroxyl groups excluding tert-OH is 1. The topological polar surface area (TPSA) is 125 Å². The molecule has 2 bridgehead atoms. The minimum absolute atomic E-state index is 0.0525. The Morgan fingerprint density at radius 1 is 1.27 bits per heavy atom. The number of halogens is 1. The van der Waals surface area contributed by atoms with Crippen molar-refractivity contribution in [3.63, 3.8) is 0 Å². The van der Waals surface area contributed by atoms with Gasteiger partial charge in [0.15, 0.2) is 0 Å². The number of aliphatic hydroxyl groups is 1. The fourth-order valence-corrected chi connectivity index (χ4v) is 7.30. The average Bonchev–Trinajstić information content (AvgIpc) is 3.49. The maximum atomic E-state index is 14.3. The van der Waals surface area contributed by atoms with Crippen molar-refractivity contribution >= 4 is 39.6 Å². The highest BCUT2D eigenvalue weighted by Gasteiger charge is 2.77. The van der Waals surface area contributed by atoms with Crippen molar-refractivity contribution in [2.45, 2.75) is 100 Å². The van der Waals surface area contributed by atoms with Crippen LogP contribution in [0.3, 0.4) is 0 Å². The number of esters is 1. The van der Waals surface area contributed by atoms with E-state index in [0.29, 0.717) is 51.6 Å². The molecular formula is C30H46BrN3O7. The molecule has 1 unspecified atom stereocenters. The van der Waals surface area contributed by atoms with E-state index in [0.717, 1.165) is 0 Å². The molecule has 3 amide bonds. The first-order valence-electron chi connectivity index (χ1n) is 14.6. The number of rotatable bonds is 15. The maximum Gasteiger partial charge on any atom is 0.312 e. The summed E-state index contributed by atoms with van der Waals surface area (Å²) in [6, 6.07) is -0.905. The lowest BCUT2D eigenvalue weighted by molar-refractivity contribution is -0.159. The van der Waals surface area contributed by atoms with E-state index < -0.39 is 47.2 Å². The Hall–Kier alpha value is -2.24. The van der Waals surface area contributed by atoms with E-state index in [4.69, 9.17) is 9.47 Å². The molecular weight excluding hydrogens is 594 g/mol. The predicted octanol–water partition coefficient (Wildman–Crippen LogP) is 2.72. The van der Waals surface area contributed by atoms with Gasteiger partial charge in [-0.05, 0) is 59.8 Å². The molecule has 0 aliphatic carbocycles. The summed E-state index contributed by atoms with van der Waals surface area (Å²) < 4.78 is 12.3. The molecule has 230 valence electrons. The lowest BCUT2D eigenvalue weighted by Crippen LogP contribution is -2.60. The van der Waals surface area contributed by atoms with E-state index in [9.17, 15) is 24.3 Å². The predicted molar refractivity (Wildman–Crippen MR) is 158 cm³/mol. The molecule has 41 heavy (non-hydrogen) atoms. The molecule has 0 aromatic heterocycles. The molecule has 0 saturated carbocycles. The SMILES string of the molecule is C=CCCC(=O)NC[C@@H](C)OC(=O)[C@@H]1[C@H]2O[C@@]3(CC2Br)[C@H](C(=O)N(CC=C)C(C)(C)C)N(CCCCCO)C(=O)[C@@H]13. The Bertz CT molecular complexity index is 1010. The van der Waals surface area contributed by atoms with Gasteiger partial charge in [-0.3, -0.25) is 19.2 Å². The van der Waals surface area contributed by atoms with Crippen molar-refractivity contribution in [1.82, 2.24) is 15.1 Å². The normalized spacial score (nSPS) is 29.2. The molecule has 0 radical (unpaired) electrons. The molecule has 10 nitrogen and oxygen atoms in total. The first kappa shape index (κ1) is 33.3. The highest BCUT2D eigenvalue weighted by molar-refractivity contribution is 9.09. The Morgan fingerprint density at radius 2 is 1.98 bits per heavy atom. The van der Waals surface area contributed by atoms with E-state index in [1.165, 1.54) is 0 Å². The zero-order chi connectivity index (χ0) is 30.5. The number of amides is 3. The lowest BCUT2D eigenvalue weighted by Gasteiger charge is -2.42. The van der Waals surface area contributed by atoms with E-state index in [1.54, 1.807) is 28.9 Å². The molecule has 3 saturated heterocycles. The highest BCUT2D eigenvalue weighted by atomic mass is 79.9. The number of carbonyl (C=O) groups excluding carboxylic acids is 4. The number of unbranched alkanes of at least 4 members (excludes halogenated alkanes) is 2. The number of nitrogens with zero attached hydrogens (tertiary/aromatic N) is 2. The van der Waals surface area contributed by atoms with Gasteiger partial charge in [-0.2, -0.15) is 0 Å². The third kappa shape index (κ3) is 6.88. The summed E-state index contributed by atoms with van der Waals surface area (Å²) in [5.74, 6) is -3.00. The van der Waals surface area contributed by atoms with E-state index in [1.807, 2.05) is 20.8 Å². The van der Waals surface area contributed by atoms with Crippen molar-refractivity contribution in [2.24, 2.45) is 11.8 Å². The first-order valence-corrected chi connectivity index (χ1v) is 15.5. The van der Waals surface area contributed by atoms with Crippen molar-refractivity contribution in [3.8, 4) is 0 Å². The molecule has 3 aliphatic rings. The molecule has 3 fully saturated rings. The molecule has 3 aliphatic heterocycles. The second-order valence-electron chi connectivity index (χ2n) is 12.3. The van der Waals surface area contributed by atoms with Gasteiger partial charge < -0.3 is 29.7 Å². The summed E-state index contributed by atoms with van der Waals surface area (Å²) in [6.45, 7) is 15.7. The molecule has 3 heterocycles. The van der Waals surface area contributed by atoms with Crippen LogP contribution in [0.1, 0.15) is 66.2 Å². The van der Waals surface area contributed by atoms with Gasteiger partial charge in [-0.15, -0.1) is 13.2 Å². The fraction of sp³-hybridized carbons (Fsp3) is 0.733. The first-order chi connectivity index (χ1) is 19.3. The van der Waals surface area contributed by atoms with Gasteiger partial charge in [0.2, 0.25) is 17.7 Å². The minimum atomic E-state index is -1.18. The minimum Gasteiger partial charge on any atom is -0.460 e. The number of hydrogen-bond acceptors (Lipinski definition) is 7. The molecule has 3 rings (SSSR count). The van der Waals surface area contributed by atoms with Crippen LogP contribution in [0, 0.1) is 11.8 Å². The quantitative estimate of drug-likeness (QED) is 0.122. The van der Waals surface area contributed by atoms with Gasteiger partial charge in [0, 0.05) is 36.5 Å². The fourth-order valence-electron chi connectivity index (χ4n) is 6.36. The van der Waals surface area contributed by atoms with Gasteiger partial charge in [0.25, 0.3) is 0 Å². The van der Waals surface area contributed by atoms with E-state index in [-0.39, 0.29) is 35.7 Å². The lowest BCUT2D eigenvalue weighted by atomic mass is 9.70. The van der Waals surface area contributed by atoms with Gasteiger partial charge in [0.1, 0.15) is 17.7 Å². The van der Waals surface area contributed by atoms with Crippen molar-refractivity contribution in [1.29, 1.82) is 0 Å². The van der Waals surface area contributed by atoms with Crippen LogP contribution in [0.2, 0.25) is 0 Å². The number of fused-ring (bicyclic) bond motifs is 1. The molecule has 2 N–H and O–H groups in total. The Labute approximate surface area is 252 Å². The van der Waals surface area contributed by atoms with Gasteiger partial charge in [0.05, 0.1) is 24.5 Å². The standard InChI is InChI=1S/C30H46BrN3O7/c1-7-9-13-21(36)32-18-19(3)40-28(39)22-23-26(37)33(15-11-10-12-16-35)25(30(23)17-20(31)24(22)41-30)27(38)34(14-8-2)29(4,5)6/h7-8,19-20,22-25,35H,1-2,9-18H2,3-6H3,(H,32,36)/t19-,20?,22+,23-,24+,25+,30-/m1/s1. The van der Waals surface area contributed by atoms with Gasteiger partial charge in [-0.1, -0.05) is 28.1 Å². The zero-order valence-electron chi connectivity index (χ0n) is 24.8. The van der Waals surface area contributed by atoms with Crippen LogP contribution in [0.5, 0.6) is 0 Å². The Kier molecular flexibility index (Phi) is 11.2. The molecule has 0 aromatic rings. The summed E-state index contributed by atoms with van der Waals surface area (Å²) >= 11 is 3.68. The second-order valence-corrected chi connectivity index (χ2v) is 13.4. The van der Waals surface area contributed by atoms with Crippen molar-refractivity contribution < 1.29 is 33.8 Å². The summed E-state index contributed by atoms with van der Waals surface area (Å²) in [5, 5.41) is 12.0. The summed E-state index contributed by atoms with van der Waals surface area (Å²) in [4.78, 5) is 57.1. The Balaban J connectivity index is 1.89. The number of alkyl halides is 1. The van der Waals surface area contributed by atoms with Crippen LogP contribution < -0.4 is 5.32 Å². The van der Waals surface area contributed by atoms with Gasteiger partial charge >= 0.3 is 5.97 Å². The van der Waals surface area contributed by atoms with Crippen LogP contribution in [-0.4, -0.2) is 99.1 Å². The van der Waals surface area contributed by atoms with E-state index in [2.05, 4.69) is 34.4 Å². The summed E-state index contributed by atoms with van der Waals surface area (Å²) in [6.07, 6.45) is 5.24. The molecule has 1 spiro atoms. The molecule has 7 atom stereocenters. The number of allylic oxidation sites excluding steroid dienone is 1. The van der Waals surface area contributed by atoms with Crippen LogP contribution in [0.15, 0.2) is 25.3 Å². The molecule has 11 heteroatoms. The summed E-state index contributed by atoms with van der Waals surface area (Å²) in [5.41, 5.74) is -1.72. The summed E-state index contributed by atoms with van der Waals surface area (Å²) in [7, 11) is 0. The Morgan fingerprint density at radius 3 is 2.59 bits per heavy atom. The smallest absolute Gasteiger partial charge is 0.312 e. The third-order valence-electron chi connectivity index (χ3n) is 8.22. The van der Waals surface area contributed by atoms with Crippen molar-refractivity contribution in [3.05, 3.63) is 25.3 Å². The highest BCUT2D eigenvalue weighted by Crippen LogP contribution is 2.60. The monoisotopic (exact) mass is 639 g/mol. The van der Waals surface area contributed by atoms with Gasteiger partial charge in [-0.25, -0.2) is 0 Å². The number of ether oxygens (including phenoxy) is 2. The number of hydrogen-bond donors (Lipinski definition) is 2. The second kappa shape index (κ2) is 13.8. The van der Waals surface area contributed by atoms with Crippen LogP contribution in [-0.2, 0) is 28.7 Å². The van der Waals surface area contributed by atoms with Crippen LogP contribution in [0.25, 0.3) is 0 Å². The number of carbonyl (C=O) groups is 4. The average molecular weight is 641 g/mol. The molecule has 0 aromatic carbocycles. The largest absolute Gasteiger partial charge is 0.460 e. The van der Waals surface area contributed by atoms with E-state index >= 15 is 0 Å². The zero-order valence-corrected chi connectivity index (χ0v) is 26.4.